The molecule has 0 unspecified atom stereocenters. The minimum atomic E-state index is -1.70. The Morgan fingerprint density at radius 3 is 2.31 bits per heavy atom. The minimum Gasteiger partial charge on any atom is -0.493 e. The van der Waals surface area contributed by atoms with Crippen molar-refractivity contribution in [2.45, 2.75) is 0 Å². The molecule has 2 amide bonds. The van der Waals surface area contributed by atoms with Crippen LogP contribution in [0.3, 0.4) is 0 Å². The molecule has 0 saturated heterocycles. The first-order valence-corrected chi connectivity index (χ1v) is 7.31. The van der Waals surface area contributed by atoms with Crippen LogP contribution < -0.4 is 20.1 Å². The summed E-state index contributed by atoms with van der Waals surface area (Å²) >= 11 is 0. The van der Waals surface area contributed by atoms with Gasteiger partial charge in [0.25, 0.3) is 5.91 Å². The Morgan fingerprint density at radius 1 is 0.962 bits per heavy atom. The number of rotatable bonds is 6. The predicted molar refractivity (Wildman–Crippen MR) is 86.8 cm³/mol. The van der Waals surface area contributed by atoms with E-state index < -0.39 is 41.5 Å². The van der Waals surface area contributed by atoms with Crippen LogP contribution in [0.5, 0.6) is 11.5 Å². The topological polar surface area (TPSA) is 76.7 Å². The van der Waals surface area contributed by atoms with Crippen LogP contribution in [-0.2, 0) is 4.79 Å². The summed E-state index contributed by atoms with van der Waals surface area (Å²) in [4.78, 5) is 23.8. The van der Waals surface area contributed by atoms with Crippen molar-refractivity contribution in [1.82, 2.24) is 5.32 Å². The van der Waals surface area contributed by atoms with Gasteiger partial charge in [-0.1, -0.05) is 0 Å². The molecule has 0 aliphatic rings. The lowest BCUT2D eigenvalue weighted by Crippen LogP contribution is -2.33. The molecular weight excluding hydrogens is 353 g/mol. The second-order valence-electron chi connectivity index (χ2n) is 5.02. The molecule has 138 valence electrons. The summed E-state index contributed by atoms with van der Waals surface area (Å²) < 4.78 is 49.6. The van der Waals surface area contributed by atoms with Crippen molar-refractivity contribution in [3.8, 4) is 11.5 Å². The third-order valence-electron chi connectivity index (χ3n) is 3.36. The number of benzene rings is 2. The molecular formula is C17H15F3N2O4. The molecule has 0 aliphatic carbocycles. The van der Waals surface area contributed by atoms with Gasteiger partial charge in [0.1, 0.15) is 0 Å². The molecule has 0 heterocycles. The summed E-state index contributed by atoms with van der Waals surface area (Å²) in [6, 6.07) is 5.95. The van der Waals surface area contributed by atoms with Gasteiger partial charge >= 0.3 is 0 Å². The first-order chi connectivity index (χ1) is 12.4. The van der Waals surface area contributed by atoms with E-state index in [-0.39, 0.29) is 5.56 Å². The van der Waals surface area contributed by atoms with Gasteiger partial charge < -0.3 is 20.1 Å². The quantitative estimate of drug-likeness (QED) is 0.768. The summed E-state index contributed by atoms with van der Waals surface area (Å²) in [6.07, 6.45) is 0. The van der Waals surface area contributed by atoms with E-state index in [1.807, 2.05) is 5.32 Å². The van der Waals surface area contributed by atoms with Gasteiger partial charge in [-0.25, -0.2) is 13.2 Å². The SMILES string of the molecule is COc1ccc(C(=O)NCC(=O)Nc2ccc(F)c(F)c2F)cc1OC. The van der Waals surface area contributed by atoms with Crippen molar-refractivity contribution in [1.29, 1.82) is 0 Å². The third-order valence-corrected chi connectivity index (χ3v) is 3.36. The molecule has 0 saturated carbocycles. The smallest absolute Gasteiger partial charge is 0.251 e. The molecule has 0 fully saturated rings. The lowest BCUT2D eigenvalue weighted by molar-refractivity contribution is -0.115. The number of amides is 2. The third kappa shape index (κ3) is 4.24. The summed E-state index contributed by atoms with van der Waals surface area (Å²) in [5.74, 6) is -5.25. The molecule has 0 radical (unpaired) electrons. The maximum atomic E-state index is 13.5. The van der Waals surface area contributed by atoms with Crippen LogP contribution in [0.1, 0.15) is 10.4 Å². The Bertz CT molecular complexity index is 843. The van der Waals surface area contributed by atoms with Gasteiger partial charge in [-0.2, -0.15) is 0 Å². The van der Waals surface area contributed by atoms with Crippen molar-refractivity contribution in [3.05, 3.63) is 53.3 Å². The van der Waals surface area contributed by atoms with Gasteiger partial charge in [-0.15, -0.1) is 0 Å². The highest BCUT2D eigenvalue weighted by molar-refractivity contribution is 5.99. The van der Waals surface area contributed by atoms with E-state index in [2.05, 4.69) is 5.32 Å². The zero-order chi connectivity index (χ0) is 19.3. The van der Waals surface area contributed by atoms with Gasteiger partial charge in [0, 0.05) is 5.56 Å². The number of carbonyl (C=O) groups is 2. The monoisotopic (exact) mass is 368 g/mol. The number of nitrogens with one attached hydrogen (secondary N) is 2. The van der Waals surface area contributed by atoms with Crippen LogP contribution in [0, 0.1) is 17.5 Å². The molecule has 0 bridgehead atoms. The number of hydrogen-bond donors (Lipinski definition) is 2. The first kappa shape index (κ1) is 19.1. The molecule has 2 aromatic rings. The Hall–Kier alpha value is -3.23. The molecule has 2 N–H and O–H groups in total. The molecule has 2 aromatic carbocycles. The van der Waals surface area contributed by atoms with Crippen LogP contribution >= 0.6 is 0 Å². The zero-order valence-electron chi connectivity index (χ0n) is 13.9. The molecule has 26 heavy (non-hydrogen) atoms. The normalized spacial score (nSPS) is 10.2. The minimum absolute atomic E-state index is 0.203. The molecule has 0 atom stereocenters. The van der Waals surface area contributed by atoms with Crippen molar-refractivity contribution < 1.29 is 32.2 Å². The van der Waals surface area contributed by atoms with E-state index in [1.165, 1.54) is 32.4 Å². The second-order valence-corrected chi connectivity index (χ2v) is 5.02. The fourth-order valence-electron chi connectivity index (χ4n) is 2.06. The highest BCUT2D eigenvalue weighted by atomic mass is 19.2. The van der Waals surface area contributed by atoms with Crippen LogP contribution in [0.25, 0.3) is 0 Å². The van der Waals surface area contributed by atoms with Gasteiger partial charge in [0.2, 0.25) is 5.91 Å². The van der Waals surface area contributed by atoms with Gasteiger partial charge in [-0.05, 0) is 30.3 Å². The van der Waals surface area contributed by atoms with E-state index in [9.17, 15) is 22.8 Å². The molecule has 0 aromatic heterocycles. The van der Waals surface area contributed by atoms with Gasteiger partial charge in [0.15, 0.2) is 29.0 Å². The van der Waals surface area contributed by atoms with Crippen molar-refractivity contribution in [2.24, 2.45) is 0 Å². The summed E-state index contributed by atoms with van der Waals surface area (Å²) in [5, 5.41) is 4.36. The molecule has 6 nitrogen and oxygen atoms in total. The number of carbonyl (C=O) groups excluding carboxylic acids is 2. The van der Waals surface area contributed by atoms with Gasteiger partial charge in [0.05, 0.1) is 26.5 Å². The average molecular weight is 368 g/mol. The Balaban J connectivity index is 1.99. The number of halogens is 3. The van der Waals surface area contributed by atoms with Crippen LogP contribution in [0.15, 0.2) is 30.3 Å². The number of methoxy groups -OCH3 is 2. The Labute approximate surface area is 146 Å². The fraction of sp³-hybridized carbons (Fsp3) is 0.176. The number of anilines is 1. The predicted octanol–water partition coefficient (Wildman–Crippen LogP) is 2.49. The Kier molecular flexibility index (Phi) is 6.05. The zero-order valence-corrected chi connectivity index (χ0v) is 13.9. The van der Waals surface area contributed by atoms with E-state index in [0.717, 1.165) is 6.07 Å². The average Bonchev–Trinajstić information content (AvgIpc) is 2.65. The van der Waals surface area contributed by atoms with Crippen molar-refractivity contribution in [2.75, 3.05) is 26.1 Å². The van der Waals surface area contributed by atoms with Crippen molar-refractivity contribution in [3.63, 3.8) is 0 Å². The highest BCUT2D eigenvalue weighted by Crippen LogP contribution is 2.27. The van der Waals surface area contributed by atoms with E-state index in [4.69, 9.17) is 9.47 Å². The van der Waals surface area contributed by atoms with Gasteiger partial charge in [-0.3, -0.25) is 9.59 Å². The van der Waals surface area contributed by atoms with Crippen LogP contribution in [0.4, 0.5) is 18.9 Å². The number of ether oxygens (including phenoxy) is 2. The Morgan fingerprint density at radius 2 is 1.65 bits per heavy atom. The fourth-order valence-corrected chi connectivity index (χ4v) is 2.06. The van der Waals surface area contributed by atoms with E-state index in [0.29, 0.717) is 17.6 Å². The largest absolute Gasteiger partial charge is 0.493 e. The summed E-state index contributed by atoms with van der Waals surface area (Å²) in [6.45, 7) is -0.508. The van der Waals surface area contributed by atoms with Crippen molar-refractivity contribution >= 4 is 17.5 Å². The summed E-state index contributed by atoms with van der Waals surface area (Å²) in [5.41, 5.74) is -0.330. The molecule has 9 heteroatoms. The summed E-state index contributed by atoms with van der Waals surface area (Å²) in [7, 11) is 2.85. The van der Waals surface area contributed by atoms with Crippen LogP contribution in [0.2, 0.25) is 0 Å². The first-order valence-electron chi connectivity index (χ1n) is 7.31. The molecule has 0 spiro atoms. The van der Waals surface area contributed by atoms with Crippen LogP contribution in [-0.4, -0.2) is 32.6 Å². The maximum absolute atomic E-state index is 13.5. The number of hydrogen-bond acceptors (Lipinski definition) is 4. The second kappa shape index (κ2) is 8.24. The lowest BCUT2D eigenvalue weighted by atomic mass is 10.2. The molecule has 0 aliphatic heterocycles. The van der Waals surface area contributed by atoms with E-state index >= 15 is 0 Å². The standard InChI is InChI=1S/C17H15F3N2O4/c1-25-12-6-3-9(7-13(12)26-2)17(24)21-8-14(23)22-11-5-4-10(18)15(19)16(11)20/h3-7H,8H2,1-2H3,(H,21,24)(H,22,23). The highest BCUT2D eigenvalue weighted by Gasteiger charge is 2.16. The maximum Gasteiger partial charge on any atom is 0.251 e. The van der Waals surface area contributed by atoms with E-state index in [1.54, 1.807) is 0 Å². The lowest BCUT2D eigenvalue weighted by Gasteiger charge is -2.10. The molecule has 2 rings (SSSR count).